The Hall–Kier alpha value is -2.63. The molecule has 0 aliphatic carbocycles. The Morgan fingerprint density at radius 2 is 1.75 bits per heavy atom. The monoisotopic (exact) mass is 330 g/mol. The summed E-state index contributed by atoms with van der Waals surface area (Å²) in [6.45, 7) is 1.01. The highest BCUT2D eigenvalue weighted by Crippen LogP contribution is 2.22. The Morgan fingerprint density at radius 1 is 1.12 bits per heavy atom. The van der Waals surface area contributed by atoms with Crippen LogP contribution < -0.4 is 4.90 Å². The summed E-state index contributed by atoms with van der Waals surface area (Å²) in [7, 11) is 3.03. The largest absolute Gasteiger partial charge is 0.466 e. The maximum atomic E-state index is 12.6. The quantitative estimate of drug-likeness (QED) is 0.621. The van der Waals surface area contributed by atoms with Gasteiger partial charge in [0.2, 0.25) is 11.8 Å². The fraction of sp³-hybridized carbons (Fsp3) is 0.389. The van der Waals surface area contributed by atoms with Crippen LogP contribution >= 0.6 is 0 Å². The van der Waals surface area contributed by atoms with E-state index in [1.807, 2.05) is 30.3 Å². The summed E-state index contributed by atoms with van der Waals surface area (Å²) in [6.07, 6.45) is 3.56. The van der Waals surface area contributed by atoms with Crippen molar-refractivity contribution < 1.29 is 19.1 Å². The summed E-state index contributed by atoms with van der Waals surface area (Å²) in [5.41, 5.74) is 0.863. The molecule has 6 heteroatoms. The first-order valence-electron chi connectivity index (χ1n) is 7.90. The van der Waals surface area contributed by atoms with E-state index in [-0.39, 0.29) is 17.7 Å². The third-order valence-corrected chi connectivity index (χ3v) is 4.19. The zero-order chi connectivity index (χ0) is 17.5. The second-order valence-corrected chi connectivity index (χ2v) is 5.69. The molecular formula is C18H22N2O4. The Balaban J connectivity index is 1.88. The molecule has 0 N–H and O–H groups in total. The lowest BCUT2D eigenvalue weighted by molar-refractivity contribution is -0.135. The van der Waals surface area contributed by atoms with Crippen LogP contribution in [0.15, 0.2) is 42.5 Å². The molecule has 0 radical (unpaired) electrons. The van der Waals surface area contributed by atoms with Gasteiger partial charge in [0.25, 0.3) is 0 Å². The number of hydrogen-bond donors (Lipinski definition) is 0. The minimum Gasteiger partial charge on any atom is -0.466 e. The van der Waals surface area contributed by atoms with Crippen LogP contribution in [-0.2, 0) is 19.1 Å². The first kappa shape index (κ1) is 17.7. The lowest BCUT2D eigenvalue weighted by Crippen LogP contribution is -2.43. The van der Waals surface area contributed by atoms with Gasteiger partial charge in [-0.25, -0.2) is 4.79 Å². The number of carbonyl (C=O) groups is 3. The van der Waals surface area contributed by atoms with Crippen LogP contribution in [0.1, 0.15) is 12.8 Å². The summed E-state index contributed by atoms with van der Waals surface area (Å²) in [5, 5.41) is 0. The smallest absolute Gasteiger partial charge is 0.330 e. The predicted molar refractivity (Wildman–Crippen MR) is 90.3 cm³/mol. The van der Waals surface area contributed by atoms with Crippen molar-refractivity contribution in [3.05, 3.63) is 42.5 Å². The summed E-state index contributed by atoms with van der Waals surface area (Å²) in [5.74, 6) is -0.817. The number of methoxy groups -OCH3 is 1. The molecule has 0 bridgehead atoms. The van der Waals surface area contributed by atoms with E-state index in [2.05, 4.69) is 4.74 Å². The molecule has 1 aromatic rings. The van der Waals surface area contributed by atoms with Crippen molar-refractivity contribution >= 4 is 23.5 Å². The van der Waals surface area contributed by atoms with Crippen molar-refractivity contribution in [3.8, 4) is 0 Å². The first-order chi connectivity index (χ1) is 11.5. The summed E-state index contributed by atoms with van der Waals surface area (Å²) in [4.78, 5) is 38.9. The molecule has 0 aromatic heterocycles. The van der Waals surface area contributed by atoms with Gasteiger partial charge < -0.3 is 14.5 Å². The summed E-state index contributed by atoms with van der Waals surface area (Å²) >= 11 is 0. The topological polar surface area (TPSA) is 66.9 Å². The molecule has 1 aromatic carbocycles. The average molecular weight is 330 g/mol. The van der Waals surface area contributed by atoms with E-state index < -0.39 is 5.97 Å². The fourth-order valence-electron chi connectivity index (χ4n) is 2.71. The molecule has 0 spiro atoms. The SMILES string of the molecule is COC(=O)/C=C/C(=O)N1CCC(C(=O)N(C)c2ccccc2)CC1. The molecule has 24 heavy (non-hydrogen) atoms. The van der Waals surface area contributed by atoms with E-state index in [9.17, 15) is 14.4 Å². The van der Waals surface area contributed by atoms with Gasteiger partial charge in [0.1, 0.15) is 0 Å². The van der Waals surface area contributed by atoms with Gasteiger partial charge >= 0.3 is 5.97 Å². The predicted octanol–water partition coefficient (Wildman–Crippen LogP) is 1.62. The van der Waals surface area contributed by atoms with Crippen molar-refractivity contribution in [1.29, 1.82) is 0 Å². The Labute approximate surface area is 141 Å². The molecular weight excluding hydrogens is 308 g/mol. The molecule has 1 aliphatic heterocycles. The maximum absolute atomic E-state index is 12.6. The van der Waals surface area contributed by atoms with E-state index in [4.69, 9.17) is 0 Å². The lowest BCUT2D eigenvalue weighted by atomic mass is 9.95. The highest BCUT2D eigenvalue weighted by molar-refractivity contribution is 5.96. The normalized spacial score (nSPS) is 15.3. The standard InChI is InChI=1S/C18H22N2O4/c1-19(15-6-4-3-5-7-15)18(23)14-10-12-20(13-11-14)16(21)8-9-17(22)24-2/h3-9,14H,10-13H2,1-2H3/b9-8+. The molecule has 0 atom stereocenters. The second-order valence-electron chi connectivity index (χ2n) is 5.69. The van der Waals surface area contributed by atoms with E-state index >= 15 is 0 Å². The average Bonchev–Trinajstić information content (AvgIpc) is 2.65. The van der Waals surface area contributed by atoms with Gasteiger partial charge in [-0.15, -0.1) is 0 Å². The second kappa shape index (κ2) is 8.29. The van der Waals surface area contributed by atoms with Crippen LogP contribution in [-0.4, -0.2) is 49.9 Å². The number of ether oxygens (including phenoxy) is 1. The number of benzene rings is 1. The number of hydrogen-bond acceptors (Lipinski definition) is 4. The van der Waals surface area contributed by atoms with E-state index in [0.717, 1.165) is 11.8 Å². The first-order valence-corrected chi connectivity index (χ1v) is 7.90. The van der Waals surface area contributed by atoms with E-state index in [1.54, 1.807) is 16.8 Å². The molecule has 0 unspecified atom stereocenters. The number of esters is 1. The molecule has 1 heterocycles. The summed E-state index contributed by atoms with van der Waals surface area (Å²) in [6, 6.07) is 9.50. The number of piperidine rings is 1. The Bertz CT molecular complexity index is 619. The molecule has 2 rings (SSSR count). The van der Waals surface area contributed by atoms with Crippen molar-refractivity contribution in [2.75, 3.05) is 32.1 Å². The van der Waals surface area contributed by atoms with Gasteiger partial charge in [-0.3, -0.25) is 9.59 Å². The minimum atomic E-state index is -0.558. The lowest BCUT2D eigenvalue weighted by Gasteiger charge is -2.32. The molecule has 0 saturated carbocycles. The van der Waals surface area contributed by atoms with Crippen LogP contribution in [0.2, 0.25) is 0 Å². The molecule has 1 fully saturated rings. The van der Waals surface area contributed by atoms with Crippen LogP contribution in [0.25, 0.3) is 0 Å². The summed E-state index contributed by atoms with van der Waals surface area (Å²) < 4.78 is 4.46. The highest BCUT2D eigenvalue weighted by atomic mass is 16.5. The number of para-hydroxylation sites is 1. The number of likely N-dealkylation sites (tertiary alicyclic amines) is 1. The van der Waals surface area contributed by atoms with Crippen molar-refractivity contribution in [3.63, 3.8) is 0 Å². The number of nitrogens with zero attached hydrogens (tertiary/aromatic N) is 2. The van der Waals surface area contributed by atoms with Gasteiger partial charge in [-0.1, -0.05) is 18.2 Å². The van der Waals surface area contributed by atoms with Gasteiger partial charge in [-0.2, -0.15) is 0 Å². The zero-order valence-electron chi connectivity index (χ0n) is 14.0. The zero-order valence-corrected chi connectivity index (χ0v) is 14.0. The molecule has 2 amide bonds. The minimum absolute atomic E-state index is 0.0680. The fourth-order valence-corrected chi connectivity index (χ4v) is 2.71. The molecule has 1 aliphatic rings. The van der Waals surface area contributed by atoms with Crippen LogP contribution in [0.5, 0.6) is 0 Å². The van der Waals surface area contributed by atoms with Gasteiger partial charge in [-0.05, 0) is 25.0 Å². The molecule has 6 nitrogen and oxygen atoms in total. The number of anilines is 1. The Morgan fingerprint density at radius 3 is 2.33 bits per heavy atom. The van der Waals surface area contributed by atoms with Crippen LogP contribution in [0, 0.1) is 5.92 Å². The van der Waals surface area contributed by atoms with Crippen LogP contribution in [0.4, 0.5) is 5.69 Å². The highest BCUT2D eigenvalue weighted by Gasteiger charge is 2.28. The molecule has 128 valence electrons. The third kappa shape index (κ3) is 4.44. The number of rotatable bonds is 4. The van der Waals surface area contributed by atoms with Gasteiger partial charge in [0.15, 0.2) is 0 Å². The number of amides is 2. The maximum Gasteiger partial charge on any atom is 0.330 e. The Kier molecular flexibility index (Phi) is 6.12. The van der Waals surface area contributed by atoms with Crippen molar-refractivity contribution in [2.45, 2.75) is 12.8 Å². The van der Waals surface area contributed by atoms with Crippen molar-refractivity contribution in [1.82, 2.24) is 4.90 Å². The third-order valence-electron chi connectivity index (χ3n) is 4.19. The number of carbonyl (C=O) groups excluding carboxylic acids is 3. The van der Waals surface area contributed by atoms with Crippen molar-refractivity contribution in [2.24, 2.45) is 5.92 Å². The molecule has 1 saturated heterocycles. The van der Waals surface area contributed by atoms with E-state index in [0.29, 0.717) is 25.9 Å². The van der Waals surface area contributed by atoms with E-state index in [1.165, 1.54) is 13.2 Å². The van der Waals surface area contributed by atoms with Gasteiger partial charge in [0, 0.05) is 43.9 Å². The van der Waals surface area contributed by atoms with Crippen LogP contribution in [0.3, 0.4) is 0 Å². The van der Waals surface area contributed by atoms with Gasteiger partial charge in [0.05, 0.1) is 7.11 Å².